The Bertz CT molecular complexity index is 734. The van der Waals surface area contributed by atoms with Gasteiger partial charge in [-0.25, -0.2) is 10.0 Å². The van der Waals surface area contributed by atoms with Gasteiger partial charge in [-0.05, 0) is 38.0 Å². The van der Waals surface area contributed by atoms with Crippen LogP contribution in [0.15, 0.2) is 11.6 Å². The molecular weight excluding hydrogens is 420 g/mol. The Morgan fingerprint density at radius 2 is 1.97 bits per heavy atom. The molecule has 4 N–H and O–H groups in total. The highest BCUT2D eigenvalue weighted by molar-refractivity contribution is 7.13. The molecule has 172 valence electrons. The third-order valence-electron chi connectivity index (χ3n) is 6.30. The number of hydrogen-bond donors (Lipinski definition) is 4. The lowest BCUT2D eigenvalue weighted by atomic mass is 9.79. The average molecular weight is 453 g/mol. The first kappa shape index (κ1) is 23.6. The van der Waals surface area contributed by atoms with Crippen LogP contribution in [0.5, 0.6) is 0 Å². The average Bonchev–Trinajstić information content (AvgIpc) is 3.46. The third kappa shape index (κ3) is 6.47. The molecule has 0 unspecified atom stereocenters. The summed E-state index contributed by atoms with van der Waals surface area (Å²) in [6.45, 7) is 1.44. The zero-order valence-electron chi connectivity index (χ0n) is 17.8. The lowest BCUT2D eigenvalue weighted by Gasteiger charge is -2.34. The van der Waals surface area contributed by atoms with E-state index in [4.69, 9.17) is 0 Å². The van der Waals surface area contributed by atoms with E-state index < -0.39 is 35.9 Å². The van der Waals surface area contributed by atoms with E-state index in [1.54, 1.807) is 11.6 Å². The zero-order chi connectivity index (χ0) is 22.4. The van der Waals surface area contributed by atoms with Crippen LogP contribution in [0.25, 0.3) is 0 Å². The number of rotatable bonds is 11. The van der Waals surface area contributed by atoms with E-state index >= 15 is 0 Å². The number of thiazole rings is 1. The van der Waals surface area contributed by atoms with Gasteiger partial charge in [0.2, 0.25) is 12.3 Å². The maximum absolute atomic E-state index is 13.4. The second kappa shape index (κ2) is 11.0. The molecule has 10 heteroatoms. The maximum Gasteiger partial charge on any atom is 0.251 e. The van der Waals surface area contributed by atoms with Crippen LogP contribution < -0.4 is 10.6 Å². The maximum atomic E-state index is 13.4. The van der Waals surface area contributed by atoms with Gasteiger partial charge in [-0.15, -0.1) is 11.3 Å². The van der Waals surface area contributed by atoms with Gasteiger partial charge in [0.25, 0.3) is 5.91 Å². The SMILES string of the molecule is C[C@@H](O)[C@H](NC(=O)[C@H](CC1CCCCC1)[C@H](C1CC1)N(O)C=O)C(=O)Nc1nccs1. The highest BCUT2D eigenvalue weighted by atomic mass is 32.1. The smallest absolute Gasteiger partial charge is 0.251 e. The predicted octanol–water partition coefficient (Wildman–Crippen LogP) is 2.16. The summed E-state index contributed by atoms with van der Waals surface area (Å²) in [6, 6.07) is -1.80. The van der Waals surface area contributed by atoms with Crippen molar-refractivity contribution in [2.45, 2.75) is 76.5 Å². The monoisotopic (exact) mass is 452 g/mol. The van der Waals surface area contributed by atoms with Crippen molar-refractivity contribution in [2.75, 3.05) is 5.32 Å². The largest absolute Gasteiger partial charge is 0.391 e. The van der Waals surface area contributed by atoms with Gasteiger partial charge in [-0.3, -0.25) is 19.6 Å². The molecule has 0 bridgehead atoms. The van der Waals surface area contributed by atoms with E-state index in [1.807, 2.05) is 0 Å². The van der Waals surface area contributed by atoms with Crippen LogP contribution in [0.3, 0.4) is 0 Å². The Kier molecular flexibility index (Phi) is 8.39. The fourth-order valence-electron chi connectivity index (χ4n) is 4.55. The number of nitrogens with zero attached hydrogens (tertiary/aromatic N) is 2. The van der Waals surface area contributed by atoms with Crippen LogP contribution in [-0.4, -0.2) is 56.8 Å². The van der Waals surface area contributed by atoms with Crippen molar-refractivity contribution in [2.24, 2.45) is 17.8 Å². The van der Waals surface area contributed by atoms with Crippen LogP contribution in [0.4, 0.5) is 5.13 Å². The number of aromatic nitrogens is 1. The van der Waals surface area contributed by atoms with E-state index in [0.717, 1.165) is 38.5 Å². The standard InChI is InChI=1S/C21H32N4O5S/c1-13(27)17(20(29)24-21-22-9-10-31-21)23-19(28)16(11-14-5-3-2-4-6-14)18(15-7-8-15)25(30)12-26/h9-10,12-18,27,30H,2-8,11H2,1H3,(H,23,28)(H,22,24,29)/t13-,16-,17+,18+/m1/s1. The molecule has 2 aliphatic rings. The summed E-state index contributed by atoms with van der Waals surface area (Å²) in [5.74, 6) is -1.25. The summed E-state index contributed by atoms with van der Waals surface area (Å²) < 4.78 is 0. The van der Waals surface area contributed by atoms with E-state index in [-0.39, 0.29) is 5.92 Å². The Hall–Kier alpha value is -2.04. The van der Waals surface area contributed by atoms with Crippen LogP contribution in [0.1, 0.15) is 58.3 Å². The van der Waals surface area contributed by atoms with Gasteiger partial charge in [0, 0.05) is 11.6 Å². The van der Waals surface area contributed by atoms with Crippen molar-refractivity contribution in [1.29, 1.82) is 0 Å². The van der Waals surface area contributed by atoms with Crippen molar-refractivity contribution < 1.29 is 24.7 Å². The number of nitrogens with one attached hydrogen (secondary N) is 2. The second-order valence-corrected chi connectivity index (χ2v) is 9.61. The molecule has 1 heterocycles. The van der Waals surface area contributed by atoms with Crippen molar-refractivity contribution in [3.8, 4) is 0 Å². The Balaban J connectivity index is 1.76. The Morgan fingerprint density at radius 1 is 1.26 bits per heavy atom. The highest BCUT2D eigenvalue weighted by Gasteiger charge is 2.45. The molecule has 4 atom stereocenters. The fraction of sp³-hybridized carbons (Fsp3) is 0.714. The molecule has 0 saturated heterocycles. The summed E-state index contributed by atoms with van der Waals surface area (Å²) in [5.41, 5.74) is 0. The number of hydrogen-bond acceptors (Lipinski definition) is 7. The Morgan fingerprint density at radius 3 is 2.52 bits per heavy atom. The first-order valence-corrected chi connectivity index (χ1v) is 11.9. The van der Waals surface area contributed by atoms with Crippen LogP contribution in [0, 0.1) is 17.8 Å². The number of hydroxylamine groups is 2. The first-order valence-electron chi connectivity index (χ1n) is 11.0. The molecule has 9 nitrogen and oxygen atoms in total. The second-order valence-electron chi connectivity index (χ2n) is 8.71. The molecule has 31 heavy (non-hydrogen) atoms. The molecule has 2 aliphatic carbocycles. The van der Waals surface area contributed by atoms with Gasteiger partial charge < -0.3 is 15.7 Å². The first-order chi connectivity index (χ1) is 14.9. The number of carbonyl (C=O) groups is 3. The van der Waals surface area contributed by atoms with Crippen LogP contribution in [0.2, 0.25) is 0 Å². The lowest BCUT2D eigenvalue weighted by molar-refractivity contribution is -0.171. The normalized spacial score (nSPS) is 20.9. The van der Waals surface area contributed by atoms with Crippen molar-refractivity contribution in [3.63, 3.8) is 0 Å². The number of anilines is 1. The molecule has 0 spiro atoms. The lowest BCUT2D eigenvalue weighted by Crippen LogP contribution is -2.55. The molecule has 3 rings (SSSR count). The highest BCUT2D eigenvalue weighted by Crippen LogP contribution is 2.41. The third-order valence-corrected chi connectivity index (χ3v) is 6.99. The van der Waals surface area contributed by atoms with E-state index in [0.29, 0.717) is 28.9 Å². The number of amides is 3. The summed E-state index contributed by atoms with van der Waals surface area (Å²) >= 11 is 1.24. The van der Waals surface area contributed by atoms with Crippen LogP contribution in [-0.2, 0) is 14.4 Å². The zero-order valence-corrected chi connectivity index (χ0v) is 18.6. The summed E-state index contributed by atoms with van der Waals surface area (Å²) in [6.07, 6.45) is 8.41. The fourth-order valence-corrected chi connectivity index (χ4v) is 5.09. The van der Waals surface area contributed by atoms with Crippen molar-refractivity contribution >= 4 is 34.7 Å². The van der Waals surface area contributed by atoms with E-state index in [1.165, 1.54) is 24.7 Å². The molecule has 1 aromatic heterocycles. The van der Waals surface area contributed by atoms with Crippen LogP contribution >= 0.6 is 11.3 Å². The molecule has 2 saturated carbocycles. The molecule has 0 aromatic carbocycles. The molecule has 2 fully saturated rings. The van der Waals surface area contributed by atoms with Gasteiger partial charge in [-0.2, -0.15) is 0 Å². The molecule has 0 aliphatic heterocycles. The van der Waals surface area contributed by atoms with Gasteiger partial charge in [0.15, 0.2) is 5.13 Å². The van der Waals surface area contributed by atoms with Crippen molar-refractivity contribution in [3.05, 3.63) is 11.6 Å². The minimum Gasteiger partial charge on any atom is -0.391 e. The van der Waals surface area contributed by atoms with Gasteiger partial charge in [0.1, 0.15) is 6.04 Å². The van der Waals surface area contributed by atoms with Gasteiger partial charge in [-0.1, -0.05) is 32.1 Å². The predicted molar refractivity (Wildman–Crippen MR) is 115 cm³/mol. The van der Waals surface area contributed by atoms with Gasteiger partial charge >= 0.3 is 0 Å². The molecule has 3 amide bonds. The van der Waals surface area contributed by atoms with E-state index in [2.05, 4.69) is 15.6 Å². The number of aliphatic hydroxyl groups excluding tert-OH is 1. The number of carbonyl (C=O) groups excluding carboxylic acids is 3. The van der Waals surface area contributed by atoms with Gasteiger partial charge in [0.05, 0.1) is 18.1 Å². The summed E-state index contributed by atoms with van der Waals surface area (Å²) in [7, 11) is 0. The Labute approximate surface area is 186 Å². The molecule has 1 aromatic rings. The molecular formula is C21H32N4O5S. The van der Waals surface area contributed by atoms with E-state index in [9.17, 15) is 24.7 Å². The summed E-state index contributed by atoms with van der Waals surface area (Å²) in [4.78, 5) is 41.4. The number of aliphatic hydroxyl groups is 1. The quantitative estimate of drug-likeness (QED) is 0.231. The van der Waals surface area contributed by atoms with Crippen molar-refractivity contribution in [1.82, 2.24) is 15.4 Å². The molecule has 0 radical (unpaired) electrons. The topological polar surface area (TPSA) is 132 Å². The minimum atomic E-state index is -1.17. The summed E-state index contributed by atoms with van der Waals surface area (Å²) in [5, 5.41) is 28.4. The minimum absolute atomic E-state index is 0.0590.